The summed E-state index contributed by atoms with van der Waals surface area (Å²) in [5.41, 5.74) is 0.372. The van der Waals surface area contributed by atoms with Crippen LogP contribution in [0.2, 0.25) is 0 Å². The second-order valence-corrected chi connectivity index (χ2v) is 5.95. The van der Waals surface area contributed by atoms with E-state index in [2.05, 4.69) is 12.2 Å². The highest BCUT2D eigenvalue weighted by Crippen LogP contribution is 2.28. The first-order valence-electron chi connectivity index (χ1n) is 7.64. The van der Waals surface area contributed by atoms with Gasteiger partial charge < -0.3 is 19.9 Å². The van der Waals surface area contributed by atoms with Gasteiger partial charge in [-0.2, -0.15) is 0 Å². The van der Waals surface area contributed by atoms with Gasteiger partial charge in [-0.1, -0.05) is 13.0 Å². The van der Waals surface area contributed by atoms with Crippen LogP contribution in [-0.4, -0.2) is 31.3 Å². The van der Waals surface area contributed by atoms with Crippen molar-refractivity contribution >= 4 is 5.97 Å². The Labute approximate surface area is 132 Å². The monoisotopic (exact) mass is 309 g/mol. The molecule has 124 valence electrons. The number of rotatable bonds is 10. The Morgan fingerprint density at radius 2 is 2.05 bits per heavy atom. The number of benzene rings is 1. The first-order valence-corrected chi connectivity index (χ1v) is 7.64. The van der Waals surface area contributed by atoms with Crippen LogP contribution >= 0.6 is 0 Å². The molecule has 0 aromatic heterocycles. The van der Waals surface area contributed by atoms with E-state index in [1.807, 2.05) is 18.2 Å². The van der Waals surface area contributed by atoms with Crippen molar-refractivity contribution in [1.82, 2.24) is 5.32 Å². The molecule has 0 aliphatic rings. The number of aliphatic carboxylic acids is 1. The minimum atomic E-state index is -0.770. The molecular formula is C17H27NO4. The molecule has 0 spiro atoms. The van der Waals surface area contributed by atoms with E-state index in [1.54, 1.807) is 21.0 Å². The molecule has 0 fully saturated rings. The van der Waals surface area contributed by atoms with E-state index in [9.17, 15) is 4.79 Å². The van der Waals surface area contributed by atoms with E-state index >= 15 is 0 Å². The second-order valence-electron chi connectivity index (χ2n) is 5.95. The number of hydrogen-bond donors (Lipinski definition) is 2. The van der Waals surface area contributed by atoms with Gasteiger partial charge in [0.25, 0.3) is 0 Å². The molecule has 1 aromatic rings. The minimum absolute atomic E-state index is 0.581. The summed E-state index contributed by atoms with van der Waals surface area (Å²) in [6, 6.07) is 5.84. The van der Waals surface area contributed by atoms with E-state index in [1.165, 1.54) is 0 Å². The van der Waals surface area contributed by atoms with Crippen LogP contribution in [0.25, 0.3) is 0 Å². The Kier molecular flexibility index (Phi) is 7.18. The van der Waals surface area contributed by atoms with Crippen molar-refractivity contribution in [2.75, 3.05) is 20.3 Å². The molecule has 0 radical (unpaired) electrons. The van der Waals surface area contributed by atoms with Crippen molar-refractivity contribution in [2.24, 2.45) is 5.41 Å². The van der Waals surface area contributed by atoms with Crippen molar-refractivity contribution in [3.63, 3.8) is 0 Å². The fourth-order valence-electron chi connectivity index (χ4n) is 1.89. The zero-order valence-electron chi connectivity index (χ0n) is 13.9. The number of ether oxygens (including phenoxy) is 2. The third-order valence-corrected chi connectivity index (χ3v) is 3.52. The normalized spacial score (nSPS) is 11.3. The van der Waals surface area contributed by atoms with Crippen LogP contribution in [0.15, 0.2) is 18.2 Å². The fourth-order valence-corrected chi connectivity index (χ4v) is 1.89. The van der Waals surface area contributed by atoms with Crippen LogP contribution in [0.5, 0.6) is 11.5 Å². The lowest BCUT2D eigenvalue weighted by molar-refractivity contribution is -0.147. The summed E-state index contributed by atoms with van der Waals surface area (Å²) in [7, 11) is 1.63. The number of methoxy groups -OCH3 is 1. The smallest absolute Gasteiger partial charge is 0.309 e. The van der Waals surface area contributed by atoms with Gasteiger partial charge >= 0.3 is 5.97 Å². The van der Waals surface area contributed by atoms with Crippen LogP contribution in [-0.2, 0) is 11.3 Å². The van der Waals surface area contributed by atoms with E-state index < -0.39 is 11.4 Å². The molecule has 5 heteroatoms. The summed E-state index contributed by atoms with van der Waals surface area (Å²) in [5.74, 6) is 0.701. The molecule has 1 rings (SSSR count). The highest BCUT2D eigenvalue weighted by atomic mass is 16.5. The lowest BCUT2D eigenvalue weighted by Gasteiger charge is -2.19. The fraction of sp³-hybridized carbons (Fsp3) is 0.588. The second kappa shape index (κ2) is 8.63. The minimum Gasteiger partial charge on any atom is -0.493 e. The summed E-state index contributed by atoms with van der Waals surface area (Å²) in [6.45, 7) is 7.51. The van der Waals surface area contributed by atoms with Crippen molar-refractivity contribution in [2.45, 2.75) is 40.2 Å². The number of carboxylic acids is 1. The Morgan fingerprint density at radius 1 is 1.32 bits per heavy atom. The molecule has 0 aliphatic heterocycles. The number of carboxylic acid groups (broad SMARTS) is 1. The molecule has 0 bridgehead atoms. The molecule has 22 heavy (non-hydrogen) atoms. The molecule has 0 saturated carbocycles. The molecular weight excluding hydrogens is 282 g/mol. The molecule has 1 aromatic carbocycles. The van der Waals surface area contributed by atoms with Crippen LogP contribution < -0.4 is 14.8 Å². The highest BCUT2D eigenvalue weighted by Gasteiger charge is 2.26. The van der Waals surface area contributed by atoms with Gasteiger partial charge in [-0.05, 0) is 50.9 Å². The molecule has 0 aliphatic carbocycles. The predicted octanol–water partition coefficient (Wildman–Crippen LogP) is 3.07. The van der Waals surface area contributed by atoms with Crippen LogP contribution in [0.3, 0.4) is 0 Å². The molecule has 0 atom stereocenters. The van der Waals surface area contributed by atoms with Crippen molar-refractivity contribution < 1.29 is 19.4 Å². The van der Waals surface area contributed by atoms with Gasteiger partial charge in [0.2, 0.25) is 0 Å². The Balaban J connectivity index is 2.51. The SMILES string of the molecule is CCCOc1ccc(CNCCC(C)(C)C(=O)O)cc1OC. The lowest BCUT2D eigenvalue weighted by atomic mass is 9.90. The number of nitrogens with one attached hydrogen (secondary N) is 1. The number of carbonyl (C=O) groups is 1. The van der Waals surface area contributed by atoms with E-state index in [0.717, 1.165) is 23.5 Å². The van der Waals surface area contributed by atoms with Gasteiger partial charge in [0.1, 0.15) is 0 Å². The van der Waals surface area contributed by atoms with Crippen molar-refractivity contribution in [3.05, 3.63) is 23.8 Å². The maximum Gasteiger partial charge on any atom is 0.309 e. The largest absolute Gasteiger partial charge is 0.493 e. The van der Waals surface area contributed by atoms with Crippen LogP contribution in [0, 0.1) is 5.41 Å². The molecule has 5 nitrogen and oxygen atoms in total. The van der Waals surface area contributed by atoms with Gasteiger partial charge in [-0.25, -0.2) is 0 Å². The van der Waals surface area contributed by atoms with Gasteiger partial charge in [-0.15, -0.1) is 0 Å². The van der Waals surface area contributed by atoms with Gasteiger partial charge in [0, 0.05) is 6.54 Å². The molecule has 2 N–H and O–H groups in total. The number of hydrogen-bond acceptors (Lipinski definition) is 4. The zero-order valence-corrected chi connectivity index (χ0v) is 13.9. The van der Waals surface area contributed by atoms with E-state index in [-0.39, 0.29) is 0 Å². The van der Waals surface area contributed by atoms with Gasteiger partial charge in [0.15, 0.2) is 11.5 Å². The molecule has 0 saturated heterocycles. The zero-order chi connectivity index (χ0) is 16.6. The van der Waals surface area contributed by atoms with E-state index in [0.29, 0.717) is 26.1 Å². The first kappa shape index (κ1) is 18.3. The Bertz CT molecular complexity index is 486. The van der Waals surface area contributed by atoms with Crippen LogP contribution in [0.4, 0.5) is 0 Å². The Hall–Kier alpha value is -1.75. The quantitative estimate of drug-likeness (QED) is 0.650. The Morgan fingerprint density at radius 3 is 2.64 bits per heavy atom. The summed E-state index contributed by atoms with van der Waals surface area (Å²) in [4.78, 5) is 11.0. The summed E-state index contributed by atoms with van der Waals surface area (Å²) < 4.78 is 11.0. The third-order valence-electron chi connectivity index (χ3n) is 3.52. The summed E-state index contributed by atoms with van der Waals surface area (Å²) >= 11 is 0. The summed E-state index contributed by atoms with van der Waals surface area (Å²) in [5, 5.41) is 12.3. The molecule has 0 amide bonds. The maximum absolute atomic E-state index is 11.0. The standard InChI is InChI=1S/C17H27NO4/c1-5-10-22-14-7-6-13(11-15(14)21-4)12-18-9-8-17(2,3)16(19)20/h6-7,11,18H,5,8-10,12H2,1-4H3,(H,19,20). The lowest BCUT2D eigenvalue weighted by Crippen LogP contribution is -2.28. The van der Waals surface area contributed by atoms with Crippen LogP contribution in [0.1, 0.15) is 39.2 Å². The predicted molar refractivity (Wildman–Crippen MR) is 86.5 cm³/mol. The van der Waals surface area contributed by atoms with E-state index in [4.69, 9.17) is 14.6 Å². The molecule has 0 heterocycles. The molecule has 0 unspecified atom stereocenters. The first-order chi connectivity index (χ1) is 10.4. The average molecular weight is 309 g/mol. The maximum atomic E-state index is 11.0. The highest BCUT2D eigenvalue weighted by molar-refractivity contribution is 5.73. The van der Waals surface area contributed by atoms with Crippen molar-refractivity contribution in [1.29, 1.82) is 0 Å². The topological polar surface area (TPSA) is 67.8 Å². The van der Waals surface area contributed by atoms with Crippen molar-refractivity contribution in [3.8, 4) is 11.5 Å². The van der Waals surface area contributed by atoms with Gasteiger partial charge in [-0.3, -0.25) is 4.79 Å². The average Bonchev–Trinajstić information content (AvgIpc) is 2.49. The summed E-state index contributed by atoms with van der Waals surface area (Å²) in [6.07, 6.45) is 1.53. The third kappa shape index (κ3) is 5.56. The van der Waals surface area contributed by atoms with Gasteiger partial charge in [0.05, 0.1) is 19.1 Å².